The molecule has 0 saturated heterocycles. The second-order valence-electron chi connectivity index (χ2n) is 6.37. The minimum absolute atomic E-state index is 0.505. The van der Waals surface area contributed by atoms with Gasteiger partial charge in [0.05, 0.1) is 0 Å². The van der Waals surface area contributed by atoms with Crippen molar-refractivity contribution in [3.63, 3.8) is 0 Å². The normalized spacial score (nSPS) is 13.3. The lowest BCUT2D eigenvalue weighted by Gasteiger charge is -2.26. The number of rotatable bonds is 6. The molecule has 0 nitrogen and oxygen atoms in total. The lowest BCUT2D eigenvalue weighted by Crippen LogP contribution is -2.13. The molecule has 86 valence electrons. The van der Waals surface area contributed by atoms with Gasteiger partial charge in [-0.3, -0.25) is 0 Å². The van der Waals surface area contributed by atoms with Crippen molar-refractivity contribution in [3.8, 4) is 0 Å². The Balaban J connectivity index is 3.65. The lowest BCUT2D eigenvalue weighted by atomic mass is 9.80. The van der Waals surface area contributed by atoms with E-state index in [1.54, 1.807) is 0 Å². The van der Waals surface area contributed by atoms with Crippen molar-refractivity contribution >= 4 is 15.9 Å². The van der Waals surface area contributed by atoms with Gasteiger partial charge in [-0.15, -0.1) is 0 Å². The molecule has 0 aromatic carbocycles. The maximum atomic E-state index is 3.50. The van der Waals surface area contributed by atoms with E-state index in [0.717, 1.165) is 5.33 Å². The second kappa shape index (κ2) is 6.15. The number of hydrogen-bond donors (Lipinski definition) is 0. The van der Waals surface area contributed by atoms with Crippen LogP contribution in [0, 0.1) is 10.8 Å². The van der Waals surface area contributed by atoms with Gasteiger partial charge in [-0.1, -0.05) is 57.0 Å². The van der Waals surface area contributed by atoms with E-state index in [0.29, 0.717) is 10.8 Å². The van der Waals surface area contributed by atoms with Crippen molar-refractivity contribution in [2.24, 2.45) is 10.8 Å². The topological polar surface area (TPSA) is 0 Å². The van der Waals surface area contributed by atoms with Gasteiger partial charge in [0, 0.05) is 5.33 Å². The van der Waals surface area contributed by atoms with Crippen LogP contribution in [0.2, 0.25) is 0 Å². The Hall–Kier alpha value is 0.480. The first kappa shape index (κ1) is 14.5. The fraction of sp³-hybridized carbons (Fsp3) is 1.00. The minimum atomic E-state index is 0.505. The van der Waals surface area contributed by atoms with Crippen LogP contribution in [0.4, 0.5) is 0 Å². The number of hydrogen-bond acceptors (Lipinski definition) is 0. The SMILES string of the molecule is CC(C)(C)CCCC(C)(C)CCCBr. The Morgan fingerprint density at radius 2 is 1.29 bits per heavy atom. The first-order valence-electron chi connectivity index (χ1n) is 5.83. The maximum absolute atomic E-state index is 3.50. The molecule has 0 aliphatic carbocycles. The molecular formula is C13H27Br. The highest BCUT2D eigenvalue weighted by Gasteiger charge is 2.18. The molecule has 0 unspecified atom stereocenters. The van der Waals surface area contributed by atoms with Crippen LogP contribution in [0.25, 0.3) is 0 Å². The third-order valence-electron chi connectivity index (χ3n) is 2.77. The van der Waals surface area contributed by atoms with Crippen LogP contribution in [-0.2, 0) is 0 Å². The van der Waals surface area contributed by atoms with Gasteiger partial charge in [0.15, 0.2) is 0 Å². The molecule has 14 heavy (non-hydrogen) atoms. The molecule has 0 rings (SSSR count). The van der Waals surface area contributed by atoms with E-state index in [2.05, 4.69) is 50.5 Å². The average Bonchev–Trinajstić information content (AvgIpc) is 1.98. The summed E-state index contributed by atoms with van der Waals surface area (Å²) in [6.45, 7) is 11.8. The summed E-state index contributed by atoms with van der Waals surface area (Å²) in [5.41, 5.74) is 1.05. The van der Waals surface area contributed by atoms with E-state index in [4.69, 9.17) is 0 Å². The minimum Gasteiger partial charge on any atom is -0.0928 e. The summed E-state index contributed by atoms with van der Waals surface area (Å²) in [6.07, 6.45) is 6.76. The highest BCUT2D eigenvalue weighted by Crippen LogP contribution is 2.32. The summed E-state index contributed by atoms with van der Waals surface area (Å²) < 4.78 is 0. The molecule has 1 heteroatoms. The van der Waals surface area contributed by atoms with Gasteiger partial charge in [0.25, 0.3) is 0 Å². The van der Waals surface area contributed by atoms with Crippen molar-refractivity contribution in [1.82, 2.24) is 0 Å². The van der Waals surface area contributed by atoms with Crippen molar-refractivity contribution in [3.05, 3.63) is 0 Å². The molecule has 0 atom stereocenters. The van der Waals surface area contributed by atoms with Crippen molar-refractivity contribution in [1.29, 1.82) is 0 Å². The van der Waals surface area contributed by atoms with Crippen molar-refractivity contribution < 1.29 is 0 Å². The van der Waals surface area contributed by atoms with E-state index in [9.17, 15) is 0 Å². The van der Waals surface area contributed by atoms with E-state index in [1.807, 2.05) is 0 Å². The van der Waals surface area contributed by atoms with Crippen molar-refractivity contribution in [2.75, 3.05) is 5.33 Å². The smallest absolute Gasteiger partial charge is 0.00315 e. The summed E-state index contributed by atoms with van der Waals surface area (Å²) >= 11 is 3.50. The molecule has 0 fully saturated rings. The van der Waals surface area contributed by atoms with Crippen LogP contribution in [0.3, 0.4) is 0 Å². The predicted octanol–water partition coefficient (Wildman–Crippen LogP) is 5.40. The molecule has 0 aromatic rings. The molecule has 0 bridgehead atoms. The molecule has 0 saturated carbocycles. The van der Waals surface area contributed by atoms with Crippen LogP contribution in [0.15, 0.2) is 0 Å². The zero-order valence-electron chi connectivity index (χ0n) is 10.6. The Kier molecular flexibility index (Phi) is 6.36. The summed E-state index contributed by atoms with van der Waals surface area (Å²) in [4.78, 5) is 0. The zero-order chi connectivity index (χ0) is 11.2. The summed E-state index contributed by atoms with van der Waals surface area (Å²) in [5.74, 6) is 0. The highest BCUT2D eigenvalue weighted by molar-refractivity contribution is 9.09. The van der Waals surface area contributed by atoms with Gasteiger partial charge in [0.2, 0.25) is 0 Å². The molecule has 0 N–H and O–H groups in total. The largest absolute Gasteiger partial charge is 0.0928 e. The summed E-state index contributed by atoms with van der Waals surface area (Å²) in [7, 11) is 0. The van der Waals surface area contributed by atoms with Crippen LogP contribution in [0.1, 0.15) is 66.7 Å². The number of alkyl halides is 1. The number of halogens is 1. The van der Waals surface area contributed by atoms with Crippen LogP contribution >= 0.6 is 15.9 Å². The first-order valence-corrected chi connectivity index (χ1v) is 6.95. The van der Waals surface area contributed by atoms with Gasteiger partial charge < -0.3 is 0 Å². The average molecular weight is 263 g/mol. The Bertz CT molecular complexity index is 142. The van der Waals surface area contributed by atoms with E-state index in [-0.39, 0.29) is 0 Å². The third kappa shape index (κ3) is 9.05. The van der Waals surface area contributed by atoms with Gasteiger partial charge in [0.1, 0.15) is 0 Å². The molecule has 0 aliphatic heterocycles. The fourth-order valence-corrected chi connectivity index (χ4v) is 2.05. The first-order chi connectivity index (χ1) is 6.27. The van der Waals surface area contributed by atoms with Crippen LogP contribution in [-0.4, -0.2) is 5.33 Å². The van der Waals surface area contributed by atoms with E-state index >= 15 is 0 Å². The molecule has 0 heterocycles. The van der Waals surface area contributed by atoms with E-state index in [1.165, 1.54) is 32.1 Å². The van der Waals surface area contributed by atoms with Crippen LogP contribution < -0.4 is 0 Å². The quantitative estimate of drug-likeness (QED) is 0.562. The highest BCUT2D eigenvalue weighted by atomic mass is 79.9. The molecule has 0 aliphatic rings. The molecule has 0 aromatic heterocycles. The Labute approximate surface area is 99.0 Å². The van der Waals surface area contributed by atoms with Gasteiger partial charge in [-0.2, -0.15) is 0 Å². The standard InChI is InChI=1S/C13H27Br/c1-12(2,3)8-6-9-13(4,5)10-7-11-14/h6-11H2,1-5H3. The maximum Gasteiger partial charge on any atom is 0.00315 e. The molecule has 0 amide bonds. The van der Waals surface area contributed by atoms with Gasteiger partial charge >= 0.3 is 0 Å². The fourth-order valence-electron chi connectivity index (χ4n) is 1.77. The molecule has 0 radical (unpaired) electrons. The lowest BCUT2D eigenvalue weighted by molar-refractivity contribution is 0.264. The molecular weight excluding hydrogens is 236 g/mol. The third-order valence-corrected chi connectivity index (χ3v) is 3.33. The predicted molar refractivity (Wildman–Crippen MR) is 70.1 cm³/mol. The zero-order valence-corrected chi connectivity index (χ0v) is 12.2. The summed E-state index contributed by atoms with van der Waals surface area (Å²) in [6, 6.07) is 0. The monoisotopic (exact) mass is 262 g/mol. The Morgan fingerprint density at radius 1 is 0.786 bits per heavy atom. The Morgan fingerprint density at radius 3 is 1.71 bits per heavy atom. The van der Waals surface area contributed by atoms with Crippen LogP contribution in [0.5, 0.6) is 0 Å². The van der Waals surface area contributed by atoms with Gasteiger partial charge in [-0.25, -0.2) is 0 Å². The second-order valence-corrected chi connectivity index (χ2v) is 7.16. The van der Waals surface area contributed by atoms with Gasteiger partial charge in [-0.05, 0) is 36.5 Å². The molecule has 0 spiro atoms. The summed E-state index contributed by atoms with van der Waals surface area (Å²) in [5, 5.41) is 1.15. The van der Waals surface area contributed by atoms with Crippen molar-refractivity contribution in [2.45, 2.75) is 66.7 Å². The van der Waals surface area contributed by atoms with E-state index < -0.39 is 0 Å².